The molecular weight excluding hydrogens is 220 g/mol. The summed E-state index contributed by atoms with van der Waals surface area (Å²) in [6, 6.07) is 0. The van der Waals surface area contributed by atoms with Crippen LogP contribution >= 0.6 is 0 Å². The molecular formula is C13H20O4. The van der Waals surface area contributed by atoms with Gasteiger partial charge in [0, 0.05) is 12.5 Å². The van der Waals surface area contributed by atoms with Gasteiger partial charge in [-0.1, -0.05) is 11.6 Å². The second-order valence-electron chi connectivity index (χ2n) is 4.00. The van der Waals surface area contributed by atoms with Crippen molar-refractivity contribution in [3.8, 4) is 0 Å². The van der Waals surface area contributed by atoms with Gasteiger partial charge in [0.15, 0.2) is 0 Å². The number of rotatable bonds is 7. The Balaban J connectivity index is 3.93. The Kier molecular flexibility index (Phi) is 7.76. The number of carbonyl (C=O) groups excluding carboxylic acids is 1. The minimum absolute atomic E-state index is 0.186. The third-order valence-corrected chi connectivity index (χ3v) is 2.25. The fourth-order valence-corrected chi connectivity index (χ4v) is 1.47. The van der Waals surface area contributed by atoms with Crippen LogP contribution in [-0.4, -0.2) is 24.2 Å². The molecule has 1 N–H and O–H groups in total. The van der Waals surface area contributed by atoms with Gasteiger partial charge in [-0.15, -0.1) is 0 Å². The number of aliphatic carboxylic acids is 1. The normalized spacial score (nSPS) is 12.4. The van der Waals surface area contributed by atoms with Gasteiger partial charge in [0.1, 0.15) is 0 Å². The molecule has 0 radical (unpaired) electrons. The minimum atomic E-state index is -0.933. The lowest BCUT2D eigenvalue weighted by Crippen LogP contribution is -1.99. The zero-order valence-corrected chi connectivity index (χ0v) is 10.7. The molecule has 0 aromatic carbocycles. The van der Waals surface area contributed by atoms with Gasteiger partial charge >= 0.3 is 11.9 Å². The van der Waals surface area contributed by atoms with Crippen LogP contribution in [0.25, 0.3) is 0 Å². The van der Waals surface area contributed by atoms with E-state index >= 15 is 0 Å². The molecule has 0 atom stereocenters. The highest BCUT2D eigenvalue weighted by molar-refractivity contribution is 5.81. The topological polar surface area (TPSA) is 63.6 Å². The molecule has 0 fully saturated rings. The lowest BCUT2D eigenvalue weighted by molar-refractivity contribution is -0.140. The molecule has 0 aliphatic rings. The van der Waals surface area contributed by atoms with Crippen LogP contribution in [0.3, 0.4) is 0 Å². The van der Waals surface area contributed by atoms with E-state index in [0.717, 1.165) is 30.4 Å². The highest BCUT2D eigenvalue weighted by Crippen LogP contribution is 2.11. The van der Waals surface area contributed by atoms with Crippen LogP contribution in [0.1, 0.15) is 39.5 Å². The predicted molar refractivity (Wildman–Crippen MR) is 65.6 cm³/mol. The summed E-state index contributed by atoms with van der Waals surface area (Å²) in [5, 5.41) is 8.54. The monoisotopic (exact) mass is 240 g/mol. The number of unbranched alkanes of at least 4 members (excludes halogenated alkanes) is 1. The third-order valence-electron chi connectivity index (χ3n) is 2.25. The number of hydrogen-bond acceptors (Lipinski definition) is 3. The van der Waals surface area contributed by atoms with E-state index in [1.807, 2.05) is 13.0 Å². The van der Waals surface area contributed by atoms with E-state index in [2.05, 4.69) is 4.74 Å². The predicted octanol–water partition coefficient (Wildman–Crippen LogP) is 2.70. The Morgan fingerprint density at radius 2 is 1.71 bits per heavy atom. The molecule has 0 saturated carbocycles. The van der Waals surface area contributed by atoms with E-state index in [1.165, 1.54) is 13.2 Å². The Labute approximate surface area is 102 Å². The number of carbonyl (C=O) groups is 2. The highest BCUT2D eigenvalue weighted by atomic mass is 16.5. The number of carboxylic acid groups (broad SMARTS) is 1. The number of esters is 1. The van der Waals surface area contributed by atoms with E-state index in [4.69, 9.17) is 5.11 Å². The van der Waals surface area contributed by atoms with Crippen LogP contribution in [0.2, 0.25) is 0 Å². The molecule has 0 spiro atoms. The molecule has 0 bridgehead atoms. The van der Waals surface area contributed by atoms with Crippen molar-refractivity contribution in [1.82, 2.24) is 0 Å². The fraction of sp³-hybridized carbons (Fsp3) is 0.538. The summed E-state index contributed by atoms with van der Waals surface area (Å²) >= 11 is 0. The second kappa shape index (κ2) is 8.56. The van der Waals surface area contributed by atoms with Crippen molar-refractivity contribution in [2.24, 2.45) is 0 Å². The lowest BCUT2D eigenvalue weighted by Gasteiger charge is -2.02. The van der Waals surface area contributed by atoms with Gasteiger partial charge < -0.3 is 9.84 Å². The number of methoxy groups -OCH3 is 1. The molecule has 17 heavy (non-hydrogen) atoms. The van der Waals surface area contributed by atoms with E-state index < -0.39 is 5.97 Å². The molecule has 0 aromatic rings. The molecule has 4 heteroatoms. The van der Waals surface area contributed by atoms with Crippen molar-refractivity contribution in [3.05, 3.63) is 23.3 Å². The summed E-state index contributed by atoms with van der Waals surface area (Å²) in [5.41, 5.74) is 1.84. The molecule has 0 aromatic heterocycles. The maximum Gasteiger partial charge on any atom is 0.328 e. The quantitative estimate of drug-likeness (QED) is 0.321. The van der Waals surface area contributed by atoms with Crippen molar-refractivity contribution in [2.75, 3.05) is 7.11 Å². The van der Waals surface area contributed by atoms with Crippen LogP contribution in [0.4, 0.5) is 0 Å². The van der Waals surface area contributed by atoms with E-state index in [-0.39, 0.29) is 5.97 Å². The van der Waals surface area contributed by atoms with Gasteiger partial charge in [0.25, 0.3) is 0 Å². The Bertz CT molecular complexity index is 326. The maximum absolute atomic E-state index is 10.8. The first kappa shape index (κ1) is 15.4. The molecule has 4 nitrogen and oxygen atoms in total. The summed E-state index contributed by atoms with van der Waals surface area (Å²) in [6.07, 6.45) is 6.02. The largest absolute Gasteiger partial charge is 0.478 e. The fourth-order valence-electron chi connectivity index (χ4n) is 1.47. The van der Waals surface area contributed by atoms with Crippen LogP contribution in [0, 0.1) is 0 Å². The molecule has 0 amide bonds. The second-order valence-corrected chi connectivity index (χ2v) is 4.00. The van der Waals surface area contributed by atoms with Gasteiger partial charge in [-0.25, -0.2) is 4.79 Å². The van der Waals surface area contributed by atoms with Crippen LogP contribution in [-0.2, 0) is 14.3 Å². The zero-order chi connectivity index (χ0) is 13.3. The van der Waals surface area contributed by atoms with Gasteiger partial charge in [0.2, 0.25) is 0 Å². The number of ether oxygens (including phenoxy) is 1. The minimum Gasteiger partial charge on any atom is -0.478 e. The molecule has 0 rings (SSSR count). The van der Waals surface area contributed by atoms with Gasteiger partial charge in [0.05, 0.1) is 7.11 Å². The van der Waals surface area contributed by atoms with Crippen molar-refractivity contribution in [3.63, 3.8) is 0 Å². The van der Waals surface area contributed by atoms with E-state index in [1.54, 1.807) is 6.92 Å². The smallest absolute Gasteiger partial charge is 0.328 e. The summed E-state index contributed by atoms with van der Waals surface area (Å²) in [5.74, 6) is -1.12. The first-order chi connectivity index (χ1) is 7.95. The SMILES string of the molecule is COC(=O)CCCC/C(C)=C/C(C)=C\C(=O)O. The Morgan fingerprint density at radius 1 is 1.12 bits per heavy atom. The summed E-state index contributed by atoms with van der Waals surface area (Å²) < 4.78 is 4.54. The first-order valence-corrected chi connectivity index (χ1v) is 5.61. The van der Waals surface area contributed by atoms with Gasteiger partial charge in [-0.05, 0) is 38.7 Å². The number of carboxylic acids is 1. The molecule has 0 saturated heterocycles. The number of hydrogen-bond donors (Lipinski definition) is 1. The Hall–Kier alpha value is -1.58. The Morgan fingerprint density at radius 3 is 2.24 bits per heavy atom. The highest BCUT2D eigenvalue weighted by Gasteiger charge is 1.99. The van der Waals surface area contributed by atoms with E-state index in [9.17, 15) is 9.59 Å². The van der Waals surface area contributed by atoms with Crippen LogP contribution < -0.4 is 0 Å². The molecule has 96 valence electrons. The summed E-state index contributed by atoms with van der Waals surface area (Å²) in [4.78, 5) is 21.2. The zero-order valence-electron chi connectivity index (χ0n) is 10.7. The first-order valence-electron chi connectivity index (χ1n) is 5.61. The molecule has 0 aliphatic carbocycles. The van der Waals surface area contributed by atoms with Gasteiger partial charge in [-0.2, -0.15) is 0 Å². The third kappa shape index (κ3) is 9.35. The molecule has 0 aliphatic heterocycles. The summed E-state index contributed by atoms with van der Waals surface area (Å²) in [7, 11) is 1.38. The van der Waals surface area contributed by atoms with Gasteiger partial charge in [-0.3, -0.25) is 4.79 Å². The standard InChI is InChI=1S/C13H20O4/c1-10(8-11(2)9-12(14)15)6-4-5-7-13(16)17-3/h8-9H,4-7H2,1-3H3,(H,14,15)/b10-8+,11-9-. The van der Waals surface area contributed by atoms with Crippen molar-refractivity contribution >= 4 is 11.9 Å². The average Bonchev–Trinajstić information content (AvgIpc) is 2.22. The average molecular weight is 240 g/mol. The number of allylic oxidation sites excluding steroid dienone is 3. The lowest BCUT2D eigenvalue weighted by atomic mass is 10.1. The summed E-state index contributed by atoms with van der Waals surface area (Å²) in [6.45, 7) is 3.71. The maximum atomic E-state index is 10.8. The van der Waals surface area contributed by atoms with Crippen LogP contribution in [0.5, 0.6) is 0 Å². The van der Waals surface area contributed by atoms with Crippen LogP contribution in [0.15, 0.2) is 23.3 Å². The van der Waals surface area contributed by atoms with Crippen molar-refractivity contribution < 1.29 is 19.4 Å². The van der Waals surface area contributed by atoms with E-state index in [0.29, 0.717) is 6.42 Å². The van der Waals surface area contributed by atoms with Crippen molar-refractivity contribution in [1.29, 1.82) is 0 Å². The molecule has 0 unspecified atom stereocenters. The van der Waals surface area contributed by atoms with Crippen molar-refractivity contribution in [2.45, 2.75) is 39.5 Å². The molecule has 0 heterocycles.